The number of nitrogens with zero attached hydrogens (tertiary/aromatic N) is 1. The number of piperidine rings is 1. The molecule has 0 aliphatic carbocycles. The quantitative estimate of drug-likeness (QED) is 0.641. The first kappa shape index (κ1) is 22.7. The zero-order chi connectivity index (χ0) is 20.6. The number of amides is 1. The average molecular weight is 411 g/mol. The van der Waals surface area contributed by atoms with Gasteiger partial charge in [0.2, 0.25) is 15.9 Å². The van der Waals surface area contributed by atoms with Crippen LogP contribution >= 0.6 is 0 Å². The van der Waals surface area contributed by atoms with Crippen LogP contribution < -0.4 is 10.1 Å². The molecule has 7 heteroatoms. The van der Waals surface area contributed by atoms with Crippen LogP contribution in [-0.4, -0.2) is 45.4 Å². The lowest BCUT2D eigenvalue weighted by Gasteiger charge is -2.31. The van der Waals surface area contributed by atoms with Crippen molar-refractivity contribution < 1.29 is 17.9 Å². The third-order valence-electron chi connectivity index (χ3n) is 5.56. The molecule has 1 heterocycles. The molecule has 2 atom stereocenters. The Labute approximate surface area is 169 Å². The van der Waals surface area contributed by atoms with Gasteiger partial charge < -0.3 is 10.1 Å². The summed E-state index contributed by atoms with van der Waals surface area (Å²) in [7, 11) is -2.06. The Hall–Kier alpha value is -1.60. The topological polar surface area (TPSA) is 75.7 Å². The van der Waals surface area contributed by atoms with E-state index in [4.69, 9.17) is 4.74 Å². The van der Waals surface area contributed by atoms with E-state index in [2.05, 4.69) is 19.2 Å². The lowest BCUT2D eigenvalue weighted by Crippen LogP contribution is -2.46. The second-order valence-corrected chi connectivity index (χ2v) is 9.48. The monoisotopic (exact) mass is 410 g/mol. The Morgan fingerprint density at radius 3 is 2.61 bits per heavy atom. The molecule has 1 aromatic carbocycles. The number of rotatable bonds is 10. The highest BCUT2D eigenvalue weighted by atomic mass is 32.2. The van der Waals surface area contributed by atoms with E-state index in [-0.39, 0.29) is 23.3 Å². The Bertz CT molecular complexity index is 718. The standard InChI is InChI=1S/C21H34N2O4S/c1-4-6-8-17(5-2)15-22-21(24)18-9-7-14-23(16-18)28(25,26)20-12-10-19(27-3)11-13-20/h10-13,17-18H,4-9,14-16H2,1-3H3,(H,22,24)/t17-,18-/m0/s1. The molecule has 1 aliphatic rings. The number of ether oxygens (including phenoxy) is 1. The summed E-state index contributed by atoms with van der Waals surface area (Å²) < 4.78 is 32.4. The first-order chi connectivity index (χ1) is 13.4. The Morgan fingerprint density at radius 2 is 2.00 bits per heavy atom. The minimum Gasteiger partial charge on any atom is -0.497 e. The maximum atomic E-state index is 12.9. The number of carbonyl (C=O) groups is 1. The zero-order valence-corrected chi connectivity index (χ0v) is 18.1. The third-order valence-corrected chi connectivity index (χ3v) is 7.44. The summed E-state index contributed by atoms with van der Waals surface area (Å²) >= 11 is 0. The Morgan fingerprint density at radius 1 is 1.29 bits per heavy atom. The number of methoxy groups -OCH3 is 1. The first-order valence-electron chi connectivity index (χ1n) is 10.3. The van der Waals surface area contributed by atoms with Gasteiger partial charge in [-0.3, -0.25) is 4.79 Å². The number of nitrogens with one attached hydrogen (secondary N) is 1. The summed E-state index contributed by atoms with van der Waals surface area (Å²) in [5.41, 5.74) is 0. The maximum absolute atomic E-state index is 12.9. The molecule has 1 N–H and O–H groups in total. The van der Waals surface area contributed by atoms with Gasteiger partial charge in [-0.1, -0.05) is 33.1 Å². The molecular formula is C21H34N2O4S. The van der Waals surface area contributed by atoms with Crippen LogP contribution in [0.3, 0.4) is 0 Å². The molecule has 1 amide bonds. The van der Waals surface area contributed by atoms with E-state index in [1.807, 2.05) is 0 Å². The number of carbonyl (C=O) groups excluding carboxylic acids is 1. The molecule has 158 valence electrons. The summed E-state index contributed by atoms with van der Waals surface area (Å²) in [5.74, 6) is 0.796. The van der Waals surface area contributed by atoms with Crippen molar-refractivity contribution in [2.45, 2.75) is 57.3 Å². The lowest BCUT2D eigenvalue weighted by atomic mass is 9.96. The van der Waals surface area contributed by atoms with Gasteiger partial charge in [0.1, 0.15) is 5.75 Å². The van der Waals surface area contributed by atoms with Gasteiger partial charge in [0.15, 0.2) is 0 Å². The van der Waals surface area contributed by atoms with E-state index in [1.165, 1.54) is 10.7 Å². The van der Waals surface area contributed by atoms with Crippen LogP contribution in [0, 0.1) is 11.8 Å². The van der Waals surface area contributed by atoms with Gasteiger partial charge >= 0.3 is 0 Å². The van der Waals surface area contributed by atoms with Crippen molar-refractivity contribution in [1.29, 1.82) is 0 Å². The normalized spacial score (nSPS) is 19.2. The molecule has 2 rings (SSSR count). The van der Waals surface area contributed by atoms with Crippen molar-refractivity contribution in [3.8, 4) is 5.75 Å². The smallest absolute Gasteiger partial charge is 0.243 e. The van der Waals surface area contributed by atoms with Gasteiger partial charge in [-0.15, -0.1) is 0 Å². The summed E-state index contributed by atoms with van der Waals surface area (Å²) in [6.45, 7) is 5.69. The van der Waals surface area contributed by atoms with Crippen molar-refractivity contribution >= 4 is 15.9 Å². The van der Waals surface area contributed by atoms with Gasteiger partial charge in [0.25, 0.3) is 0 Å². The Balaban J connectivity index is 1.97. The SMILES string of the molecule is CCCC[C@H](CC)CNC(=O)[C@H]1CCCN(S(=O)(=O)c2ccc(OC)cc2)C1. The van der Waals surface area contributed by atoms with Crippen molar-refractivity contribution in [1.82, 2.24) is 9.62 Å². The lowest BCUT2D eigenvalue weighted by molar-refractivity contribution is -0.126. The van der Waals surface area contributed by atoms with Crippen molar-refractivity contribution in [2.24, 2.45) is 11.8 Å². The maximum Gasteiger partial charge on any atom is 0.243 e. The van der Waals surface area contributed by atoms with E-state index in [0.29, 0.717) is 31.2 Å². The molecule has 0 aromatic heterocycles. The number of hydrogen-bond donors (Lipinski definition) is 1. The highest BCUT2D eigenvalue weighted by Crippen LogP contribution is 2.25. The summed E-state index contributed by atoms with van der Waals surface area (Å²) in [6, 6.07) is 6.39. The number of sulfonamides is 1. The molecule has 1 saturated heterocycles. The number of hydrogen-bond acceptors (Lipinski definition) is 4. The van der Waals surface area contributed by atoms with Gasteiger partial charge in [0, 0.05) is 19.6 Å². The summed E-state index contributed by atoms with van der Waals surface area (Å²) in [5, 5.41) is 3.06. The van der Waals surface area contributed by atoms with Crippen molar-refractivity contribution in [3.05, 3.63) is 24.3 Å². The first-order valence-corrected chi connectivity index (χ1v) is 11.8. The minimum atomic E-state index is -3.60. The van der Waals surface area contributed by atoms with Crippen LogP contribution in [0.2, 0.25) is 0 Å². The molecule has 6 nitrogen and oxygen atoms in total. The van der Waals surface area contributed by atoms with E-state index in [1.54, 1.807) is 31.4 Å². The fourth-order valence-electron chi connectivity index (χ4n) is 3.60. The van der Waals surface area contributed by atoms with Crippen molar-refractivity contribution in [3.63, 3.8) is 0 Å². The molecule has 0 saturated carbocycles. The molecule has 1 aliphatic heterocycles. The molecule has 0 unspecified atom stereocenters. The van der Waals surface area contributed by atoms with Crippen LogP contribution in [0.5, 0.6) is 5.75 Å². The van der Waals surface area contributed by atoms with E-state index < -0.39 is 10.0 Å². The van der Waals surface area contributed by atoms with Gasteiger partial charge in [-0.25, -0.2) is 8.42 Å². The minimum absolute atomic E-state index is 0.0235. The number of benzene rings is 1. The molecule has 0 spiro atoms. The van der Waals surface area contributed by atoms with Crippen LogP contribution in [0.25, 0.3) is 0 Å². The van der Waals surface area contributed by atoms with Crippen LogP contribution in [-0.2, 0) is 14.8 Å². The second kappa shape index (κ2) is 10.8. The third kappa shape index (κ3) is 5.95. The van der Waals surface area contributed by atoms with Crippen LogP contribution in [0.15, 0.2) is 29.2 Å². The predicted octanol–water partition coefficient (Wildman–Crippen LogP) is 3.43. The largest absolute Gasteiger partial charge is 0.497 e. The van der Waals surface area contributed by atoms with Crippen LogP contribution in [0.1, 0.15) is 52.4 Å². The average Bonchev–Trinajstić information content (AvgIpc) is 2.73. The van der Waals surface area contributed by atoms with Gasteiger partial charge in [-0.05, 0) is 49.4 Å². The molecule has 28 heavy (non-hydrogen) atoms. The fourth-order valence-corrected chi connectivity index (χ4v) is 5.13. The number of unbranched alkanes of at least 4 members (excludes halogenated alkanes) is 1. The molecule has 0 bridgehead atoms. The second-order valence-electron chi connectivity index (χ2n) is 7.54. The summed E-state index contributed by atoms with van der Waals surface area (Å²) in [4.78, 5) is 12.9. The molecular weight excluding hydrogens is 376 g/mol. The Kier molecular flexibility index (Phi) is 8.76. The van der Waals surface area contributed by atoms with E-state index >= 15 is 0 Å². The molecule has 1 aromatic rings. The van der Waals surface area contributed by atoms with E-state index in [9.17, 15) is 13.2 Å². The predicted molar refractivity (Wildman–Crippen MR) is 111 cm³/mol. The zero-order valence-electron chi connectivity index (χ0n) is 17.3. The van der Waals surface area contributed by atoms with Gasteiger partial charge in [0.05, 0.1) is 17.9 Å². The highest BCUT2D eigenvalue weighted by molar-refractivity contribution is 7.89. The summed E-state index contributed by atoms with van der Waals surface area (Å²) in [6.07, 6.45) is 5.92. The molecule has 1 fully saturated rings. The van der Waals surface area contributed by atoms with Gasteiger partial charge in [-0.2, -0.15) is 4.31 Å². The fraction of sp³-hybridized carbons (Fsp3) is 0.667. The van der Waals surface area contributed by atoms with E-state index in [0.717, 1.165) is 25.7 Å². The van der Waals surface area contributed by atoms with Crippen molar-refractivity contribution in [2.75, 3.05) is 26.7 Å². The highest BCUT2D eigenvalue weighted by Gasteiger charge is 2.33. The van der Waals surface area contributed by atoms with Crippen LogP contribution in [0.4, 0.5) is 0 Å². The molecule has 0 radical (unpaired) electrons.